The van der Waals surface area contributed by atoms with E-state index in [2.05, 4.69) is 155 Å². The maximum absolute atomic E-state index is 5.36. The van der Waals surface area contributed by atoms with Gasteiger partial charge in [-0.1, -0.05) is 115 Å². The van der Waals surface area contributed by atoms with Crippen LogP contribution in [-0.2, 0) is 0 Å². The van der Waals surface area contributed by atoms with Crippen LogP contribution in [0.15, 0.2) is 158 Å². The Labute approximate surface area is 254 Å². The molecule has 4 nitrogen and oxygen atoms in total. The van der Waals surface area contributed by atoms with Crippen LogP contribution >= 0.6 is 0 Å². The van der Waals surface area contributed by atoms with Gasteiger partial charge in [-0.15, -0.1) is 0 Å². The summed E-state index contributed by atoms with van der Waals surface area (Å²) in [5.41, 5.74) is 9.65. The van der Waals surface area contributed by atoms with Crippen molar-refractivity contribution in [2.45, 2.75) is 0 Å². The van der Waals surface area contributed by atoms with Crippen molar-refractivity contribution in [2.24, 2.45) is 0 Å². The van der Waals surface area contributed by atoms with Gasteiger partial charge in [0.1, 0.15) is 11.5 Å². The maximum atomic E-state index is 5.36. The third-order valence-electron chi connectivity index (χ3n) is 8.55. The number of aromatic nitrogens is 4. The second-order valence-electron chi connectivity index (χ2n) is 11.1. The zero-order chi connectivity index (χ0) is 29.0. The van der Waals surface area contributed by atoms with Gasteiger partial charge in [0.05, 0.1) is 27.6 Å². The standard InChI is InChI=1S/C40H26N4/c1-4-14-27(15-5-1)29-24-34(28-16-6-2-7-17-28)42-37(25-29)44-35-22-12-10-20-31(35)33-26-41-40-38(39(33)44)32-21-11-13-23-36(32)43(40)30-18-8-3-9-19-30/h1-26H. The van der Waals surface area contributed by atoms with Crippen molar-refractivity contribution in [3.05, 3.63) is 158 Å². The zero-order valence-corrected chi connectivity index (χ0v) is 23.8. The third-order valence-corrected chi connectivity index (χ3v) is 8.55. The highest BCUT2D eigenvalue weighted by Crippen LogP contribution is 2.41. The Balaban J connectivity index is 1.46. The summed E-state index contributed by atoms with van der Waals surface area (Å²) in [5.74, 6) is 0.875. The topological polar surface area (TPSA) is 35.6 Å². The van der Waals surface area contributed by atoms with E-state index < -0.39 is 0 Å². The average Bonchev–Trinajstić information content (AvgIpc) is 3.62. The molecule has 4 heterocycles. The van der Waals surface area contributed by atoms with Crippen LogP contribution in [0.25, 0.3) is 77.6 Å². The van der Waals surface area contributed by atoms with E-state index in [4.69, 9.17) is 9.97 Å². The molecule has 44 heavy (non-hydrogen) atoms. The van der Waals surface area contributed by atoms with Gasteiger partial charge in [-0.25, -0.2) is 9.97 Å². The van der Waals surface area contributed by atoms with E-state index in [1.54, 1.807) is 0 Å². The first-order chi connectivity index (χ1) is 21.8. The highest BCUT2D eigenvalue weighted by atomic mass is 15.1. The fourth-order valence-electron chi connectivity index (χ4n) is 6.61. The number of benzene rings is 5. The van der Waals surface area contributed by atoms with E-state index in [1.807, 2.05) is 12.3 Å². The van der Waals surface area contributed by atoms with E-state index in [1.165, 1.54) is 0 Å². The van der Waals surface area contributed by atoms with Crippen LogP contribution in [0.4, 0.5) is 0 Å². The summed E-state index contributed by atoms with van der Waals surface area (Å²) in [5, 5.41) is 4.54. The molecule has 0 saturated carbocycles. The molecule has 0 bridgehead atoms. The monoisotopic (exact) mass is 562 g/mol. The minimum atomic E-state index is 0.875. The molecule has 0 radical (unpaired) electrons. The zero-order valence-electron chi connectivity index (χ0n) is 23.8. The molecular weight excluding hydrogens is 536 g/mol. The molecule has 0 amide bonds. The fourth-order valence-corrected chi connectivity index (χ4v) is 6.61. The van der Waals surface area contributed by atoms with E-state index in [0.717, 1.165) is 77.6 Å². The molecule has 0 spiro atoms. The van der Waals surface area contributed by atoms with Gasteiger partial charge < -0.3 is 0 Å². The van der Waals surface area contributed by atoms with Gasteiger partial charge in [-0.05, 0) is 47.5 Å². The quantitative estimate of drug-likeness (QED) is 0.214. The van der Waals surface area contributed by atoms with Crippen molar-refractivity contribution in [3.8, 4) is 33.9 Å². The second-order valence-corrected chi connectivity index (χ2v) is 11.1. The summed E-state index contributed by atoms with van der Waals surface area (Å²) in [6, 6.07) is 53.1. The van der Waals surface area contributed by atoms with Crippen molar-refractivity contribution in [3.63, 3.8) is 0 Å². The molecular formula is C40H26N4. The van der Waals surface area contributed by atoms with Gasteiger partial charge >= 0.3 is 0 Å². The molecule has 0 atom stereocenters. The molecule has 0 aliphatic rings. The third kappa shape index (κ3) is 3.71. The summed E-state index contributed by atoms with van der Waals surface area (Å²) in [4.78, 5) is 10.5. The summed E-state index contributed by atoms with van der Waals surface area (Å²) < 4.78 is 4.62. The van der Waals surface area contributed by atoms with Crippen molar-refractivity contribution in [1.29, 1.82) is 0 Å². The molecule has 206 valence electrons. The van der Waals surface area contributed by atoms with Crippen molar-refractivity contribution < 1.29 is 0 Å². The Morgan fingerprint density at radius 3 is 1.77 bits per heavy atom. The first-order valence-electron chi connectivity index (χ1n) is 14.9. The van der Waals surface area contributed by atoms with E-state index >= 15 is 0 Å². The predicted octanol–water partition coefficient (Wildman–Crippen LogP) is 10.0. The Bertz CT molecular complexity index is 2420. The summed E-state index contributed by atoms with van der Waals surface area (Å²) in [7, 11) is 0. The first kappa shape index (κ1) is 24.6. The van der Waals surface area contributed by atoms with Crippen LogP contribution in [0.1, 0.15) is 0 Å². The SMILES string of the molecule is c1ccc(-c2cc(-c3ccccc3)nc(-n3c4ccccc4c4cnc5c(c6ccccc6n5-c5ccccc5)c43)c2)cc1. The van der Waals surface area contributed by atoms with Gasteiger partial charge in [-0.2, -0.15) is 0 Å². The second kappa shape index (κ2) is 9.79. The van der Waals surface area contributed by atoms with Crippen molar-refractivity contribution in [1.82, 2.24) is 19.1 Å². The molecule has 4 aromatic heterocycles. The first-order valence-corrected chi connectivity index (χ1v) is 14.9. The molecule has 9 aromatic rings. The molecule has 0 unspecified atom stereocenters. The fraction of sp³-hybridized carbons (Fsp3) is 0. The predicted molar refractivity (Wildman–Crippen MR) is 182 cm³/mol. The number of nitrogens with zero attached hydrogens (tertiary/aromatic N) is 4. The lowest BCUT2D eigenvalue weighted by Crippen LogP contribution is -2.01. The lowest BCUT2D eigenvalue weighted by molar-refractivity contribution is 1.09. The molecule has 0 aliphatic carbocycles. The minimum Gasteiger partial charge on any atom is -0.294 e. The molecule has 4 heteroatoms. The number of hydrogen-bond donors (Lipinski definition) is 0. The maximum Gasteiger partial charge on any atom is 0.147 e. The number of fused-ring (bicyclic) bond motifs is 7. The number of para-hydroxylation sites is 3. The van der Waals surface area contributed by atoms with Crippen LogP contribution in [0.2, 0.25) is 0 Å². The largest absolute Gasteiger partial charge is 0.294 e. The number of rotatable bonds is 4. The molecule has 0 fully saturated rings. The van der Waals surface area contributed by atoms with Crippen LogP contribution in [0.5, 0.6) is 0 Å². The molecule has 0 saturated heterocycles. The van der Waals surface area contributed by atoms with Gasteiger partial charge in [0, 0.05) is 33.6 Å². The Morgan fingerprint density at radius 1 is 0.455 bits per heavy atom. The van der Waals surface area contributed by atoms with Crippen LogP contribution in [-0.4, -0.2) is 19.1 Å². The molecule has 0 N–H and O–H groups in total. The van der Waals surface area contributed by atoms with Crippen LogP contribution in [0.3, 0.4) is 0 Å². The van der Waals surface area contributed by atoms with Gasteiger partial charge in [0.15, 0.2) is 0 Å². The lowest BCUT2D eigenvalue weighted by Gasteiger charge is -2.13. The molecule has 0 aliphatic heterocycles. The van der Waals surface area contributed by atoms with Gasteiger partial charge in [0.25, 0.3) is 0 Å². The van der Waals surface area contributed by atoms with E-state index in [0.29, 0.717) is 0 Å². The lowest BCUT2D eigenvalue weighted by atomic mass is 10.0. The Morgan fingerprint density at radius 2 is 1.05 bits per heavy atom. The van der Waals surface area contributed by atoms with Crippen molar-refractivity contribution >= 4 is 43.7 Å². The number of pyridine rings is 2. The smallest absolute Gasteiger partial charge is 0.147 e. The Kier molecular flexibility index (Phi) is 5.47. The normalized spacial score (nSPS) is 11.6. The van der Waals surface area contributed by atoms with E-state index in [-0.39, 0.29) is 0 Å². The van der Waals surface area contributed by atoms with Crippen molar-refractivity contribution in [2.75, 3.05) is 0 Å². The highest BCUT2D eigenvalue weighted by Gasteiger charge is 2.22. The molecule has 9 rings (SSSR count). The van der Waals surface area contributed by atoms with Crippen LogP contribution < -0.4 is 0 Å². The van der Waals surface area contributed by atoms with Crippen LogP contribution in [0, 0.1) is 0 Å². The summed E-state index contributed by atoms with van der Waals surface area (Å²) in [6.07, 6.45) is 2.04. The number of hydrogen-bond acceptors (Lipinski definition) is 2. The van der Waals surface area contributed by atoms with E-state index in [9.17, 15) is 0 Å². The Hall–Kier alpha value is -6.00. The highest BCUT2D eigenvalue weighted by molar-refractivity contribution is 6.25. The summed E-state index contributed by atoms with van der Waals surface area (Å²) in [6.45, 7) is 0. The summed E-state index contributed by atoms with van der Waals surface area (Å²) >= 11 is 0. The van der Waals surface area contributed by atoms with Gasteiger partial charge in [-0.3, -0.25) is 9.13 Å². The minimum absolute atomic E-state index is 0.875. The van der Waals surface area contributed by atoms with Gasteiger partial charge in [0.2, 0.25) is 0 Å². The molecule has 5 aromatic carbocycles. The average molecular weight is 563 g/mol.